The maximum atomic E-state index is 13.4. The lowest BCUT2D eigenvalue weighted by Gasteiger charge is -2.27. The number of rotatable bonds is 5. The molecule has 0 saturated carbocycles. The highest BCUT2D eigenvalue weighted by Crippen LogP contribution is 2.45. The molecule has 1 aliphatic heterocycles. The fourth-order valence-electron chi connectivity index (χ4n) is 4.49. The topological polar surface area (TPSA) is 85.3 Å². The van der Waals surface area contributed by atoms with Crippen LogP contribution in [0, 0.1) is 11.3 Å². The summed E-state index contributed by atoms with van der Waals surface area (Å²) >= 11 is 12.6. The maximum absolute atomic E-state index is 13.4. The molecule has 4 aromatic carbocycles. The van der Waals surface area contributed by atoms with Gasteiger partial charge in [0.1, 0.15) is 29.1 Å². The van der Waals surface area contributed by atoms with Gasteiger partial charge in [-0.05, 0) is 34.9 Å². The Kier molecular flexibility index (Phi) is 6.87. The van der Waals surface area contributed by atoms with Gasteiger partial charge >= 0.3 is 5.97 Å². The number of hydrogen-bond acceptors (Lipinski definition) is 5. The van der Waals surface area contributed by atoms with Crippen LogP contribution in [-0.4, -0.2) is 5.97 Å². The van der Waals surface area contributed by atoms with E-state index in [2.05, 4.69) is 6.07 Å². The van der Waals surface area contributed by atoms with Crippen molar-refractivity contribution >= 4 is 29.2 Å². The molecule has 4 aromatic rings. The minimum Gasteiger partial charge on any atom is -0.440 e. The number of allylic oxidation sites excluding steroid dienone is 1. The number of benzene rings is 4. The summed E-state index contributed by atoms with van der Waals surface area (Å²) in [5, 5.41) is 10.7. The van der Waals surface area contributed by atoms with Crippen LogP contribution in [0.4, 0.5) is 0 Å². The zero-order valence-electron chi connectivity index (χ0n) is 19.4. The van der Waals surface area contributed by atoms with Crippen molar-refractivity contribution in [2.75, 3.05) is 0 Å². The average molecular weight is 527 g/mol. The first-order valence-corrected chi connectivity index (χ1v) is 12.2. The first kappa shape index (κ1) is 24.5. The molecule has 0 radical (unpaired) electrons. The molecule has 0 aliphatic carbocycles. The Morgan fingerprint density at radius 1 is 0.892 bits per heavy atom. The van der Waals surface area contributed by atoms with Crippen molar-refractivity contribution in [3.05, 3.63) is 141 Å². The number of nitrogens with zero attached hydrogens (tertiary/aromatic N) is 1. The van der Waals surface area contributed by atoms with Crippen molar-refractivity contribution < 1.29 is 14.3 Å². The van der Waals surface area contributed by atoms with E-state index in [-0.39, 0.29) is 17.2 Å². The first-order chi connectivity index (χ1) is 18.0. The van der Waals surface area contributed by atoms with Crippen molar-refractivity contribution in [3.63, 3.8) is 0 Å². The van der Waals surface area contributed by atoms with Gasteiger partial charge in [-0.1, -0.05) is 96.0 Å². The fourth-order valence-corrected chi connectivity index (χ4v) is 5.00. The van der Waals surface area contributed by atoms with Crippen LogP contribution in [-0.2, 0) is 4.79 Å². The van der Waals surface area contributed by atoms with Crippen molar-refractivity contribution in [1.82, 2.24) is 0 Å². The quantitative estimate of drug-likeness (QED) is 0.224. The van der Waals surface area contributed by atoms with Crippen LogP contribution >= 0.6 is 23.2 Å². The summed E-state index contributed by atoms with van der Waals surface area (Å²) in [6, 6.07) is 31.1. The zero-order chi connectivity index (χ0) is 25.9. The monoisotopic (exact) mass is 526 g/mol. The summed E-state index contributed by atoms with van der Waals surface area (Å²) in [5.41, 5.74) is 9.31. The second-order valence-corrected chi connectivity index (χ2v) is 9.31. The molecule has 1 aliphatic rings. The van der Waals surface area contributed by atoms with Gasteiger partial charge in [-0.2, -0.15) is 5.26 Å². The summed E-state index contributed by atoms with van der Waals surface area (Å²) in [6.45, 7) is 0. The highest BCUT2D eigenvalue weighted by atomic mass is 35.5. The second kappa shape index (κ2) is 10.4. The number of fused-ring (bicyclic) bond motifs is 1. The van der Waals surface area contributed by atoms with Gasteiger partial charge in [-0.3, -0.25) is 4.79 Å². The summed E-state index contributed by atoms with van der Waals surface area (Å²) < 4.78 is 11.6. The lowest BCUT2D eigenvalue weighted by Crippen LogP contribution is -2.22. The molecule has 0 spiro atoms. The van der Waals surface area contributed by atoms with E-state index in [0.29, 0.717) is 26.9 Å². The zero-order valence-corrected chi connectivity index (χ0v) is 20.9. The van der Waals surface area contributed by atoms with Gasteiger partial charge in [0.15, 0.2) is 0 Å². The number of nitriles is 1. The Bertz CT molecular complexity index is 1510. The molecule has 7 heteroatoms. The van der Waals surface area contributed by atoms with E-state index in [0.717, 1.165) is 11.1 Å². The first-order valence-electron chi connectivity index (χ1n) is 11.4. The molecule has 1 atom stereocenters. The van der Waals surface area contributed by atoms with Crippen molar-refractivity contribution in [3.8, 4) is 17.6 Å². The molecule has 1 heterocycles. The van der Waals surface area contributed by atoms with E-state index in [9.17, 15) is 10.1 Å². The number of halogens is 2. The van der Waals surface area contributed by atoms with E-state index < -0.39 is 17.8 Å². The Labute approximate surface area is 224 Å². The number of esters is 1. The van der Waals surface area contributed by atoms with E-state index in [4.69, 9.17) is 38.4 Å². The molecule has 5 nitrogen and oxygen atoms in total. The van der Waals surface area contributed by atoms with Gasteiger partial charge in [0.2, 0.25) is 5.88 Å². The molecule has 5 rings (SSSR count). The Balaban J connectivity index is 1.50. The Morgan fingerprint density at radius 2 is 1.51 bits per heavy atom. The molecule has 0 aromatic heterocycles. The molecule has 182 valence electrons. The van der Waals surface area contributed by atoms with Crippen LogP contribution < -0.4 is 15.2 Å². The van der Waals surface area contributed by atoms with Crippen LogP contribution in [0.2, 0.25) is 10.0 Å². The minimum atomic E-state index is -0.616. The Morgan fingerprint density at radius 3 is 2.11 bits per heavy atom. The average Bonchev–Trinajstić information content (AvgIpc) is 2.89. The molecule has 0 bridgehead atoms. The SMILES string of the molecule is N#CC1=C(N)Oc2cc(OC(=O)C(c3ccccc3)c3ccccc3)ccc2C1c1ccc(Cl)cc1Cl. The number of nitrogens with two attached hydrogens (primary N) is 1. The molecule has 1 unspecified atom stereocenters. The highest BCUT2D eigenvalue weighted by molar-refractivity contribution is 6.35. The van der Waals surface area contributed by atoms with Gasteiger partial charge in [0.25, 0.3) is 0 Å². The lowest BCUT2D eigenvalue weighted by molar-refractivity contribution is -0.135. The summed E-state index contributed by atoms with van der Waals surface area (Å²) in [6.07, 6.45) is 0. The standard InChI is InChI=1S/C30H20Cl2N2O3/c31-20-11-13-22(25(32)15-20)28-23-14-12-21(16-26(23)37-29(34)24(28)17-33)36-30(35)27(18-7-3-1-4-8-18)19-9-5-2-6-10-19/h1-16,27-28H,34H2. The van der Waals surface area contributed by atoms with Gasteiger partial charge in [0.05, 0.1) is 5.92 Å². The van der Waals surface area contributed by atoms with Gasteiger partial charge in [-0.25, -0.2) is 0 Å². The normalized spacial score (nSPS) is 14.5. The van der Waals surface area contributed by atoms with E-state index in [1.54, 1.807) is 36.4 Å². The molecular formula is C30H20Cl2N2O3. The molecule has 2 N–H and O–H groups in total. The number of carbonyl (C=O) groups is 1. The van der Waals surface area contributed by atoms with E-state index in [1.807, 2.05) is 60.7 Å². The predicted octanol–water partition coefficient (Wildman–Crippen LogP) is 6.95. The molecule has 0 amide bonds. The predicted molar refractivity (Wildman–Crippen MR) is 143 cm³/mol. The van der Waals surface area contributed by atoms with Crippen LogP contribution in [0.3, 0.4) is 0 Å². The van der Waals surface area contributed by atoms with Crippen LogP contribution in [0.5, 0.6) is 11.5 Å². The summed E-state index contributed by atoms with van der Waals surface area (Å²) in [7, 11) is 0. The summed E-state index contributed by atoms with van der Waals surface area (Å²) in [4.78, 5) is 13.4. The van der Waals surface area contributed by atoms with Crippen LogP contribution in [0.1, 0.15) is 34.1 Å². The smallest absolute Gasteiger partial charge is 0.323 e. The van der Waals surface area contributed by atoms with E-state index in [1.165, 1.54) is 0 Å². The minimum absolute atomic E-state index is 0.0408. The number of hydrogen-bond donors (Lipinski definition) is 1. The number of carbonyl (C=O) groups excluding carboxylic acids is 1. The lowest BCUT2D eigenvalue weighted by atomic mass is 9.83. The van der Waals surface area contributed by atoms with Crippen LogP contribution in [0.15, 0.2) is 109 Å². The van der Waals surface area contributed by atoms with Gasteiger partial charge in [-0.15, -0.1) is 0 Å². The van der Waals surface area contributed by atoms with Gasteiger partial charge in [0, 0.05) is 21.7 Å². The van der Waals surface area contributed by atoms with Gasteiger partial charge < -0.3 is 15.2 Å². The molecule has 0 saturated heterocycles. The van der Waals surface area contributed by atoms with E-state index >= 15 is 0 Å². The van der Waals surface area contributed by atoms with Crippen molar-refractivity contribution in [2.24, 2.45) is 5.73 Å². The third-order valence-corrected chi connectivity index (χ3v) is 6.75. The maximum Gasteiger partial charge on any atom is 0.323 e. The van der Waals surface area contributed by atoms with Crippen molar-refractivity contribution in [2.45, 2.75) is 11.8 Å². The largest absolute Gasteiger partial charge is 0.440 e. The third-order valence-electron chi connectivity index (χ3n) is 6.18. The second-order valence-electron chi connectivity index (χ2n) is 8.47. The number of ether oxygens (including phenoxy) is 2. The molecule has 0 fully saturated rings. The molecule has 37 heavy (non-hydrogen) atoms. The summed E-state index contributed by atoms with van der Waals surface area (Å²) in [5.74, 6) is -1.00. The highest BCUT2D eigenvalue weighted by Gasteiger charge is 2.33. The Hall–Kier alpha value is -4.24. The fraction of sp³-hybridized carbons (Fsp3) is 0.0667. The third kappa shape index (κ3) is 4.90. The van der Waals surface area contributed by atoms with Crippen LogP contribution in [0.25, 0.3) is 0 Å². The molecular weight excluding hydrogens is 507 g/mol. The van der Waals surface area contributed by atoms with Crippen molar-refractivity contribution in [1.29, 1.82) is 5.26 Å².